The zero-order valence-electron chi connectivity index (χ0n) is 31.0. The maximum Gasteiger partial charge on any atom is 0.0462 e. The number of thiophene rings is 2. The molecule has 3 heteroatoms. The third kappa shape index (κ3) is 6.09. The number of rotatable bonds is 7. The topological polar surface area (TPSA) is 3.24 Å². The van der Waals surface area contributed by atoms with Gasteiger partial charge in [0, 0.05) is 57.4 Å². The number of fused-ring (bicyclic) bond motifs is 6. The number of nitrogens with zero attached hydrogens (tertiary/aromatic N) is 1. The van der Waals surface area contributed by atoms with Crippen molar-refractivity contribution >= 4 is 80.1 Å². The van der Waals surface area contributed by atoms with E-state index in [1.165, 1.54) is 84.9 Å². The number of hydrogen-bond acceptors (Lipinski definition) is 3. The molecule has 0 aliphatic carbocycles. The fourth-order valence-electron chi connectivity index (χ4n) is 8.25. The largest absolute Gasteiger partial charge is 0.311 e. The van der Waals surface area contributed by atoms with E-state index in [1.807, 2.05) is 22.7 Å². The second-order valence-corrected chi connectivity index (χ2v) is 16.7. The van der Waals surface area contributed by atoms with Crippen LogP contribution in [-0.2, 0) is 0 Å². The van der Waals surface area contributed by atoms with Gasteiger partial charge in [-0.3, -0.25) is 0 Å². The van der Waals surface area contributed by atoms with E-state index in [2.05, 4.69) is 217 Å². The Kier molecular flexibility index (Phi) is 8.28. The lowest BCUT2D eigenvalue weighted by atomic mass is 9.92. The summed E-state index contributed by atoms with van der Waals surface area (Å²) in [5, 5.41) is 5.27. The maximum absolute atomic E-state index is 2.40. The quantitative estimate of drug-likeness (QED) is 0.156. The maximum atomic E-state index is 2.40. The molecule has 0 aliphatic rings. The highest BCUT2D eigenvalue weighted by Crippen LogP contribution is 2.44. The lowest BCUT2D eigenvalue weighted by molar-refractivity contribution is 1.28. The standard InChI is InChI=1S/C54H35NS2/c1-3-11-36(12-4-1)37-19-26-42(27-20-37)55(43-28-21-38(22-29-43)41-25-32-53-49(33-41)45-15-7-9-17-51(45)56-53)44-30-23-40(24-31-44)48-35-54-50(46-16-8-10-18-52(46)57-54)34-47(48)39-13-5-2-6-14-39/h1-35H. The third-order valence-corrected chi connectivity index (χ3v) is 13.4. The number of hydrogen-bond donors (Lipinski definition) is 0. The SMILES string of the molecule is c1ccc(-c2ccc(N(c3ccc(-c4ccc5sc6ccccc6c5c4)cc3)c3ccc(-c4cc5sc6ccccc6c5cc4-c4ccccc4)cc3)cc2)cc1. The van der Waals surface area contributed by atoms with Crippen LogP contribution >= 0.6 is 22.7 Å². The Morgan fingerprint density at radius 3 is 1.23 bits per heavy atom. The zero-order chi connectivity index (χ0) is 37.7. The van der Waals surface area contributed by atoms with Crippen molar-refractivity contribution in [2.45, 2.75) is 0 Å². The molecule has 11 aromatic rings. The molecule has 0 saturated heterocycles. The highest BCUT2D eigenvalue weighted by Gasteiger charge is 2.17. The van der Waals surface area contributed by atoms with Crippen LogP contribution in [0.25, 0.3) is 84.9 Å². The Balaban J connectivity index is 1.00. The van der Waals surface area contributed by atoms with E-state index in [4.69, 9.17) is 0 Å². The highest BCUT2D eigenvalue weighted by molar-refractivity contribution is 7.26. The third-order valence-electron chi connectivity index (χ3n) is 11.1. The lowest BCUT2D eigenvalue weighted by Crippen LogP contribution is -2.09. The number of anilines is 3. The molecule has 9 aromatic carbocycles. The predicted octanol–water partition coefficient (Wildman–Crippen LogP) is 16.6. The fraction of sp³-hybridized carbons (Fsp3) is 0. The second kappa shape index (κ2) is 14.1. The van der Waals surface area contributed by atoms with Gasteiger partial charge in [0.25, 0.3) is 0 Å². The van der Waals surface area contributed by atoms with Gasteiger partial charge in [-0.05, 0) is 117 Å². The van der Waals surface area contributed by atoms with E-state index < -0.39 is 0 Å². The van der Waals surface area contributed by atoms with E-state index in [1.54, 1.807) is 0 Å². The summed E-state index contributed by atoms with van der Waals surface area (Å²) in [6.45, 7) is 0. The molecule has 0 atom stereocenters. The van der Waals surface area contributed by atoms with Crippen LogP contribution in [-0.4, -0.2) is 0 Å². The van der Waals surface area contributed by atoms with Gasteiger partial charge in [0.15, 0.2) is 0 Å². The van der Waals surface area contributed by atoms with Gasteiger partial charge in [0.1, 0.15) is 0 Å². The van der Waals surface area contributed by atoms with Crippen molar-refractivity contribution in [2.75, 3.05) is 4.90 Å². The Bertz CT molecular complexity index is 3200. The minimum Gasteiger partial charge on any atom is -0.311 e. The molecule has 57 heavy (non-hydrogen) atoms. The molecular formula is C54H35NS2. The van der Waals surface area contributed by atoms with Crippen molar-refractivity contribution < 1.29 is 0 Å². The van der Waals surface area contributed by atoms with Gasteiger partial charge >= 0.3 is 0 Å². The first-order valence-electron chi connectivity index (χ1n) is 19.3. The van der Waals surface area contributed by atoms with Crippen molar-refractivity contribution in [2.24, 2.45) is 0 Å². The molecule has 0 saturated carbocycles. The summed E-state index contributed by atoms with van der Waals surface area (Å²) in [6.07, 6.45) is 0. The summed E-state index contributed by atoms with van der Waals surface area (Å²) in [4.78, 5) is 2.37. The van der Waals surface area contributed by atoms with Gasteiger partial charge in [0.05, 0.1) is 0 Å². The van der Waals surface area contributed by atoms with Gasteiger partial charge in [0.2, 0.25) is 0 Å². The van der Waals surface area contributed by atoms with Crippen LogP contribution in [0.2, 0.25) is 0 Å². The predicted molar refractivity (Wildman–Crippen MR) is 249 cm³/mol. The van der Waals surface area contributed by atoms with Crippen molar-refractivity contribution in [1.82, 2.24) is 0 Å². The van der Waals surface area contributed by atoms with Gasteiger partial charge in [-0.15, -0.1) is 22.7 Å². The Hall–Kier alpha value is -6.78. The van der Waals surface area contributed by atoms with Gasteiger partial charge in [-0.2, -0.15) is 0 Å². The van der Waals surface area contributed by atoms with Gasteiger partial charge in [-0.25, -0.2) is 0 Å². The van der Waals surface area contributed by atoms with Crippen LogP contribution in [0.15, 0.2) is 212 Å². The normalized spacial score (nSPS) is 11.5. The molecule has 1 nitrogen and oxygen atoms in total. The second-order valence-electron chi connectivity index (χ2n) is 14.5. The smallest absolute Gasteiger partial charge is 0.0462 e. The molecule has 0 aliphatic heterocycles. The summed E-state index contributed by atoms with van der Waals surface area (Å²) >= 11 is 3.73. The van der Waals surface area contributed by atoms with Crippen LogP contribution < -0.4 is 4.90 Å². The Morgan fingerprint density at radius 1 is 0.246 bits per heavy atom. The molecular weight excluding hydrogens is 727 g/mol. The zero-order valence-corrected chi connectivity index (χ0v) is 32.6. The molecule has 0 N–H and O–H groups in total. The van der Waals surface area contributed by atoms with Crippen LogP contribution in [0.1, 0.15) is 0 Å². The van der Waals surface area contributed by atoms with E-state index in [9.17, 15) is 0 Å². The van der Waals surface area contributed by atoms with Crippen LogP contribution in [0.5, 0.6) is 0 Å². The molecule has 2 heterocycles. The van der Waals surface area contributed by atoms with E-state index in [-0.39, 0.29) is 0 Å². The molecule has 0 radical (unpaired) electrons. The molecule has 0 spiro atoms. The first-order chi connectivity index (χ1) is 28.2. The molecule has 0 fully saturated rings. The summed E-state index contributed by atoms with van der Waals surface area (Å²) in [7, 11) is 0. The first kappa shape index (κ1) is 33.5. The molecule has 0 bridgehead atoms. The summed E-state index contributed by atoms with van der Waals surface area (Å²) < 4.78 is 5.28. The summed E-state index contributed by atoms with van der Waals surface area (Å²) in [5.41, 5.74) is 13.1. The van der Waals surface area contributed by atoms with Crippen LogP contribution in [0.3, 0.4) is 0 Å². The van der Waals surface area contributed by atoms with Crippen LogP contribution in [0, 0.1) is 0 Å². The minimum atomic E-state index is 1.11. The summed E-state index contributed by atoms with van der Waals surface area (Å²) in [5.74, 6) is 0. The van der Waals surface area contributed by atoms with Crippen molar-refractivity contribution in [3.8, 4) is 44.5 Å². The van der Waals surface area contributed by atoms with Gasteiger partial charge < -0.3 is 4.90 Å². The lowest BCUT2D eigenvalue weighted by Gasteiger charge is -2.26. The fourth-order valence-corrected chi connectivity index (χ4v) is 10.5. The Labute approximate surface area is 340 Å². The molecule has 11 rings (SSSR count). The first-order valence-corrected chi connectivity index (χ1v) is 21.0. The Morgan fingerprint density at radius 2 is 0.632 bits per heavy atom. The van der Waals surface area contributed by atoms with Crippen molar-refractivity contribution in [3.05, 3.63) is 212 Å². The van der Waals surface area contributed by atoms with E-state index in [0.717, 1.165) is 17.1 Å². The average molecular weight is 762 g/mol. The van der Waals surface area contributed by atoms with Crippen molar-refractivity contribution in [3.63, 3.8) is 0 Å². The van der Waals surface area contributed by atoms with E-state index >= 15 is 0 Å². The van der Waals surface area contributed by atoms with Gasteiger partial charge in [-0.1, -0.05) is 140 Å². The van der Waals surface area contributed by atoms with E-state index in [0.29, 0.717) is 0 Å². The molecule has 0 unspecified atom stereocenters. The monoisotopic (exact) mass is 761 g/mol. The molecule has 2 aromatic heterocycles. The molecule has 268 valence electrons. The van der Waals surface area contributed by atoms with Crippen molar-refractivity contribution in [1.29, 1.82) is 0 Å². The average Bonchev–Trinajstić information content (AvgIpc) is 3.85. The molecule has 0 amide bonds. The van der Waals surface area contributed by atoms with Crippen LogP contribution in [0.4, 0.5) is 17.1 Å². The summed E-state index contributed by atoms with van der Waals surface area (Å²) in [6, 6.07) is 77.6. The number of benzene rings is 9. The minimum absolute atomic E-state index is 1.11. The highest BCUT2D eigenvalue weighted by atomic mass is 32.1.